The van der Waals surface area contributed by atoms with Crippen molar-refractivity contribution in [2.45, 2.75) is 13.0 Å². The minimum absolute atomic E-state index is 0.0458. The summed E-state index contributed by atoms with van der Waals surface area (Å²) >= 11 is 0. The lowest BCUT2D eigenvalue weighted by molar-refractivity contribution is -0.122. The molecule has 1 aliphatic heterocycles. The fourth-order valence-corrected chi connectivity index (χ4v) is 2.80. The van der Waals surface area contributed by atoms with Crippen molar-refractivity contribution >= 4 is 5.91 Å². The lowest BCUT2D eigenvalue weighted by Gasteiger charge is -2.26. The number of amides is 1. The summed E-state index contributed by atoms with van der Waals surface area (Å²) in [5.74, 6) is 2.26. The number of benzene rings is 2. The van der Waals surface area contributed by atoms with E-state index in [0.717, 1.165) is 17.1 Å². The molecule has 0 saturated carbocycles. The van der Waals surface area contributed by atoms with Crippen LogP contribution in [-0.2, 0) is 4.79 Å². The van der Waals surface area contributed by atoms with Crippen LogP contribution in [0.5, 0.6) is 17.2 Å². The highest BCUT2D eigenvalue weighted by Gasteiger charge is 2.21. The quantitative estimate of drug-likeness (QED) is 0.772. The van der Waals surface area contributed by atoms with E-state index >= 15 is 0 Å². The van der Waals surface area contributed by atoms with Crippen molar-refractivity contribution in [1.82, 2.24) is 10.2 Å². The van der Waals surface area contributed by atoms with Gasteiger partial charge in [-0.05, 0) is 43.8 Å². The maximum absolute atomic E-state index is 12.1. The lowest BCUT2D eigenvalue weighted by atomic mass is 10.2. The number of ether oxygens (including phenoxy) is 3. The molecule has 1 aliphatic rings. The van der Waals surface area contributed by atoms with Gasteiger partial charge in [0.1, 0.15) is 25.1 Å². The van der Waals surface area contributed by atoms with Gasteiger partial charge >= 0.3 is 0 Å². The van der Waals surface area contributed by atoms with Gasteiger partial charge in [-0.25, -0.2) is 0 Å². The number of rotatable bonds is 8. The lowest BCUT2D eigenvalue weighted by Crippen LogP contribution is -2.44. The van der Waals surface area contributed by atoms with Crippen LogP contribution in [-0.4, -0.2) is 56.8 Å². The molecule has 1 amide bonds. The van der Waals surface area contributed by atoms with Crippen molar-refractivity contribution in [3.8, 4) is 17.2 Å². The number of para-hydroxylation sites is 2. The maximum Gasteiger partial charge on any atom is 0.234 e. The number of carbonyl (C=O) groups excluding carboxylic acids is 1. The van der Waals surface area contributed by atoms with Gasteiger partial charge in [-0.1, -0.05) is 24.3 Å². The van der Waals surface area contributed by atoms with E-state index in [9.17, 15) is 4.79 Å². The summed E-state index contributed by atoms with van der Waals surface area (Å²) < 4.78 is 17.2. The van der Waals surface area contributed by atoms with Gasteiger partial charge in [-0.3, -0.25) is 9.69 Å². The van der Waals surface area contributed by atoms with E-state index in [4.69, 9.17) is 14.2 Å². The van der Waals surface area contributed by atoms with Crippen LogP contribution in [0.3, 0.4) is 0 Å². The zero-order valence-electron chi connectivity index (χ0n) is 15.8. The van der Waals surface area contributed by atoms with Gasteiger partial charge in [0.25, 0.3) is 0 Å². The second-order valence-corrected chi connectivity index (χ2v) is 6.70. The Hall–Kier alpha value is -2.73. The van der Waals surface area contributed by atoms with Gasteiger partial charge in [0.2, 0.25) is 5.91 Å². The van der Waals surface area contributed by atoms with E-state index < -0.39 is 0 Å². The van der Waals surface area contributed by atoms with Crippen LogP contribution in [0.4, 0.5) is 0 Å². The van der Waals surface area contributed by atoms with E-state index in [1.807, 2.05) is 67.4 Å². The second kappa shape index (κ2) is 9.28. The molecule has 0 aliphatic carbocycles. The molecule has 3 rings (SSSR count). The van der Waals surface area contributed by atoms with Crippen LogP contribution in [0.1, 0.15) is 5.56 Å². The van der Waals surface area contributed by atoms with E-state index in [0.29, 0.717) is 38.6 Å². The van der Waals surface area contributed by atoms with Gasteiger partial charge in [0, 0.05) is 6.54 Å². The van der Waals surface area contributed by atoms with Crippen molar-refractivity contribution < 1.29 is 19.0 Å². The van der Waals surface area contributed by atoms with Crippen LogP contribution in [0, 0.1) is 6.92 Å². The first-order valence-electron chi connectivity index (χ1n) is 9.13. The molecule has 144 valence electrons. The van der Waals surface area contributed by atoms with Gasteiger partial charge < -0.3 is 19.5 Å². The van der Waals surface area contributed by atoms with E-state index in [1.165, 1.54) is 0 Å². The SMILES string of the molecule is Cc1cccc(OCCN(C)CC(=O)NCC2COc3ccccc3O2)c1. The van der Waals surface area contributed by atoms with Gasteiger partial charge in [0.15, 0.2) is 11.5 Å². The van der Waals surface area contributed by atoms with Crippen molar-refractivity contribution in [1.29, 1.82) is 0 Å². The maximum atomic E-state index is 12.1. The minimum Gasteiger partial charge on any atom is -0.492 e. The first kappa shape index (κ1) is 19.0. The first-order valence-corrected chi connectivity index (χ1v) is 9.13. The van der Waals surface area contributed by atoms with Crippen molar-refractivity contribution in [2.75, 3.05) is 39.9 Å². The summed E-state index contributed by atoms with van der Waals surface area (Å²) in [6.07, 6.45) is -0.182. The molecular formula is C21H26N2O4. The summed E-state index contributed by atoms with van der Waals surface area (Å²) in [6.45, 7) is 4.38. The Bertz CT molecular complexity index is 765. The summed E-state index contributed by atoms with van der Waals surface area (Å²) in [6, 6.07) is 15.5. The van der Waals surface area contributed by atoms with Gasteiger partial charge in [-0.15, -0.1) is 0 Å². The molecule has 2 aromatic rings. The third-order valence-corrected chi connectivity index (χ3v) is 4.24. The van der Waals surface area contributed by atoms with Crippen molar-refractivity contribution in [3.05, 3.63) is 54.1 Å². The first-order chi connectivity index (χ1) is 13.1. The fraction of sp³-hybridized carbons (Fsp3) is 0.381. The Labute approximate surface area is 160 Å². The molecule has 1 unspecified atom stereocenters. The standard InChI is InChI=1S/C21H26N2O4/c1-16-6-5-7-17(12-16)25-11-10-23(2)14-21(24)22-13-18-15-26-19-8-3-4-9-20(19)27-18/h3-9,12,18H,10-11,13-15H2,1-2H3,(H,22,24). The Morgan fingerprint density at radius 2 is 2.04 bits per heavy atom. The molecule has 0 spiro atoms. The highest BCUT2D eigenvalue weighted by atomic mass is 16.6. The molecule has 1 N–H and O–H groups in total. The van der Waals surface area contributed by atoms with E-state index in [2.05, 4.69) is 5.32 Å². The Kier molecular flexibility index (Phi) is 6.54. The minimum atomic E-state index is -0.182. The third-order valence-electron chi connectivity index (χ3n) is 4.24. The number of nitrogens with one attached hydrogen (secondary N) is 1. The molecule has 1 heterocycles. The zero-order chi connectivity index (χ0) is 19.1. The third kappa shape index (κ3) is 5.89. The fourth-order valence-electron chi connectivity index (χ4n) is 2.80. The molecule has 0 saturated heterocycles. The number of fused-ring (bicyclic) bond motifs is 1. The van der Waals surface area contributed by atoms with Crippen molar-refractivity contribution in [2.24, 2.45) is 0 Å². The summed E-state index contributed by atoms with van der Waals surface area (Å²) in [4.78, 5) is 14.1. The topological polar surface area (TPSA) is 60.0 Å². The van der Waals surface area contributed by atoms with Crippen LogP contribution in [0.25, 0.3) is 0 Å². The Morgan fingerprint density at radius 1 is 1.22 bits per heavy atom. The van der Waals surface area contributed by atoms with Gasteiger partial charge in [0.05, 0.1) is 13.1 Å². The van der Waals surface area contributed by atoms with Crippen LogP contribution < -0.4 is 19.5 Å². The molecule has 2 aromatic carbocycles. The molecule has 1 atom stereocenters. The predicted molar refractivity (Wildman–Crippen MR) is 104 cm³/mol. The molecule has 0 fully saturated rings. The van der Waals surface area contributed by atoms with Crippen LogP contribution >= 0.6 is 0 Å². The molecule has 0 radical (unpaired) electrons. The van der Waals surface area contributed by atoms with Crippen molar-refractivity contribution in [3.63, 3.8) is 0 Å². The number of carbonyl (C=O) groups is 1. The highest BCUT2D eigenvalue weighted by molar-refractivity contribution is 5.78. The number of nitrogens with zero attached hydrogens (tertiary/aromatic N) is 1. The normalized spacial score (nSPS) is 15.4. The van der Waals surface area contributed by atoms with E-state index in [-0.39, 0.29) is 12.0 Å². The molecule has 6 nitrogen and oxygen atoms in total. The summed E-state index contributed by atoms with van der Waals surface area (Å²) in [5, 5.41) is 2.90. The number of aryl methyl sites for hydroxylation is 1. The van der Waals surface area contributed by atoms with Crippen LogP contribution in [0.15, 0.2) is 48.5 Å². The predicted octanol–water partition coefficient (Wildman–Crippen LogP) is 2.26. The smallest absolute Gasteiger partial charge is 0.234 e. The number of hydrogen-bond acceptors (Lipinski definition) is 5. The molecule has 0 bridgehead atoms. The number of hydrogen-bond donors (Lipinski definition) is 1. The summed E-state index contributed by atoms with van der Waals surface area (Å²) in [5.41, 5.74) is 1.16. The average molecular weight is 370 g/mol. The molecule has 0 aromatic heterocycles. The Balaban J connectivity index is 1.33. The van der Waals surface area contributed by atoms with Crippen LogP contribution in [0.2, 0.25) is 0 Å². The number of likely N-dealkylation sites (N-methyl/N-ethyl adjacent to an activating group) is 1. The molecule has 27 heavy (non-hydrogen) atoms. The highest BCUT2D eigenvalue weighted by Crippen LogP contribution is 2.30. The second-order valence-electron chi connectivity index (χ2n) is 6.70. The van der Waals surface area contributed by atoms with Gasteiger partial charge in [-0.2, -0.15) is 0 Å². The largest absolute Gasteiger partial charge is 0.492 e. The summed E-state index contributed by atoms with van der Waals surface area (Å²) in [7, 11) is 1.90. The molecule has 6 heteroatoms. The van der Waals surface area contributed by atoms with E-state index in [1.54, 1.807) is 0 Å². The monoisotopic (exact) mass is 370 g/mol. The average Bonchev–Trinajstić information content (AvgIpc) is 2.66. The Morgan fingerprint density at radius 3 is 2.85 bits per heavy atom. The molecular weight excluding hydrogens is 344 g/mol. The zero-order valence-corrected chi connectivity index (χ0v) is 15.8.